The van der Waals surface area contributed by atoms with Crippen molar-refractivity contribution in [3.63, 3.8) is 0 Å². The van der Waals surface area contributed by atoms with E-state index in [4.69, 9.17) is 0 Å². The molecule has 0 spiro atoms. The van der Waals surface area contributed by atoms with Crippen molar-refractivity contribution in [1.82, 2.24) is 9.80 Å². The maximum absolute atomic E-state index is 13.7. The lowest BCUT2D eigenvalue weighted by Crippen LogP contribution is -2.42. The maximum Gasteiger partial charge on any atom is 0.225 e. The summed E-state index contributed by atoms with van der Waals surface area (Å²) < 4.78 is 0. The molecule has 6 heteroatoms. The standard InChI is InChI=1S/C24H22N2O2S2/c1-16(27)25-11-8-17-5-2-3-6-18(17)20(25)15-23(28)26-12-9-21-19(10-14-30-21)24(26)22-7-4-13-29-22/h2-8,10-11,13-14,20,24H,9,12,15H2,1H3. The predicted molar refractivity (Wildman–Crippen MR) is 121 cm³/mol. The molecule has 0 radical (unpaired) electrons. The minimum Gasteiger partial charge on any atom is -0.330 e. The van der Waals surface area contributed by atoms with Crippen molar-refractivity contribution >= 4 is 40.6 Å². The molecule has 2 aliphatic rings. The first kappa shape index (κ1) is 19.3. The Balaban J connectivity index is 1.48. The summed E-state index contributed by atoms with van der Waals surface area (Å²) in [5.74, 6) is 0.0405. The molecule has 5 rings (SSSR count). The highest BCUT2D eigenvalue weighted by atomic mass is 32.1. The SMILES string of the molecule is CC(=O)N1C=Cc2ccccc2C1CC(=O)N1CCc2sccc2C1c1cccs1. The van der Waals surface area contributed by atoms with Gasteiger partial charge in [0, 0.05) is 29.4 Å². The van der Waals surface area contributed by atoms with Crippen LogP contribution in [0.1, 0.15) is 51.9 Å². The van der Waals surface area contributed by atoms with E-state index in [0.717, 1.165) is 17.5 Å². The lowest BCUT2D eigenvalue weighted by molar-refractivity contribution is -0.136. The highest BCUT2D eigenvalue weighted by molar-refractivity contribution is 7.10. The Morgan fingerprint density at radius 2 is 1.90 bits per heavy atom. The first-order chi connectivity index (χ1) is 14.6. The fourth-order valence-electron chi connectivity index (χ4n) is 4.53. The number of hydrogen-bond acceptors (Lipinski definition) is 4. The number of hydrogen-bond donors (Lipinski definition) is 0. The van der Waals surface area contributed by atoms with Crippen LogP contribution in [0.2, 0.25) is 0 Å². The molecule has 2 amide bonds. The Kier molecular flexibility index (Phi) is 5.05. The van der Waals surface area contributed by atoms with E-state index >= 15 is 0 Å². The van der Waals surface area contributed by atoms with Crippen molar-refractivity contribution in [2.45, 2.75) is 31.8 Å². The lowest BCUT2D eigenvalue weighted by Gasteiger charge is -2.38. The topological polar surface area (TPSA) is 40.6 Å². The average molecular weight is 435 g/mol. The third-order valence-electron chi connectivity index (χ3n) is 5.94. The number of nitrogens with zero attached hydrogens (tertiary/aromatic N) is 2. The number of carbonyl (C=O) groups excluding carboxylic acids is 2. The summed E-state index contributed by atoms with van der Waals surface area (Å²) in [6.45, 7) is 2.27. The smallest absolute Gasteiger partial charge is 0.225 e. The molecule has 30 heavy (non-hydrogen) atoms. The summed E-state index contributed by atoms with van der Waals surface area (Å²) in [6.07, 6.45) is 4.93. The molecule has 0 aliphatic carbocycles. The monoisotopic (exact) mass is 434 g/mol. The average Bonchev–Trinajstić information content (AvgIpc) is 3.45. The quantitative estimate of drug-likeness (QED) is 0.565. The number of thiophene rings is 2. The van der Waals surface area contributed by atoms with E-state index in [0.29, 0.717) is 6.54 Å². The molecule has 0 bridgehead atoms. The number of amides is 2. The summed E-state index contributed by atoms with van der Waals surface area (Å²) in [5, 5.41) is 4.19. The van der Waals surface area contributed by atoms with E-state index in [-0.39, 0.29) is 30.3 Å². The van der Waals surface area contributed by atoms with Gasteiger partial charge in [0.15, 0.2) is 0 Å². The van der Waals surface area contributed by atoms with E-state index in [9.17, 15) is 9.59 Å². The molecule has 0 saturated heterocycles. The van der Waals surface area contributed by atoms with Crippen LogP contribution in [0.15, 0.2) is 59.4 Å². The van der Waals surface area contributed by atoms with Gasteiger partial charge in [-0.05, 0) is 52.1 Å². The summed E-state index contributed by atoms with van der Waals surface area (Å²) in [7, 11) is 0. The zero-order valence-corrected chi connectivity index (χ0v) is 18.3. The molecule has 0 saturated carbocycles. The first-order valence-corrected chi connectivity index (χ1v) is 11.8. The Bertz CT molecular complexity index is 1120. The molecule has 1 aromatic carbocycles. The molecule has 2 aromatic heterocycles. The Labute approximate surface area is 184 Å². The van der Waals surface area contributed by atoms with E-state index in [1.165, 1.54) is 15.3 Å². The Morgan fingerprint density at radius 1 is 1.03 bits per heavy atom. The molecule has 0 fully saturated rings. The molecular weight excluding hydrogens is 412 g/mol. The molecule has 3 aromatic rings. The second-order valence-corrected chi connectivity index (χ2v) is 9.63. The van der Waals surface area contributed by atoms with Crippen molar-refractivity contribution in [3.8, 4) is 0 Å². The molecular formula is C24H22N2O2S2. The number of fused-ring (bicyclic) bond motifs is 2. The molecule has 4 heterocycles. The van der Waals surface area contributed by atoms with Gasteiger partial charge in [-0.2, -0.15) is 0 Å². The second kappa shape index (κ2) is 7.85. The van der Waals surface area contributed by atoms with Crippen molar-refractivity contribution in [1.29, 1.82) is 0 Å². The van der Waals surface area contributed by atoms with Gasteiger partial charge in [0.2, 0.25) is 11.8 Å². The minimum atomic E-state index is -0.274. The maximum atomic E-state index is 13.7. The first-order valence-electron chi connectivity index (χ1n) is 10.1. The highest BCUT2D eigenvalue weighted by Gasteiger charge is 2.36. The van der Waals surface area contributed by atoms with Crippen molar-refractivity contribution in [3.05, 3.63) is 85.9 Å². The van der Waals surface area contributed by atoms with Gasteiger partial charge in [-0.25, -0.2) is 0 Å². The van der Waals surface area contributed by atoms with Gasteiger partial charge in [-0.15, -0.1) is 22.7 Å². The minimum absolute atomic E-state index is 0.0346. The van der Waals surface area contributed by atoms with E-state index < -0.39 is 0 Å². The third kappa shape index (κ3) is 3.30. The fourth-order valence-corrected chi connectivity index (χ4v) is 6.29. The Morgan fingerprint density at radius 3 is 2.70 bits per heavy atom. The van der Waals surface area contributed by atoms with Crippen molar-refractivity contribution < 1.29 is 9.59 Å². The second-order valence-electron chi connectivity index (χ2n) is 7.65. The summed E-state index contributed by atoms with van der Waals surface area (Å²) >= 11 is 3.47. The van der Waals surface area contributed by atoms with Crippen LogP contribution in [0.4, 0.5) is 0 Å². The molecule has 2 unspecified atom stereocenters. The summed E-state index contributed by atoms with van der Waals surface area (Å²) in [5.41, 5.74) is 3.35. The number of rotatable bonds is 3. The van der Waals surface area contributed by atoms with Gasteiger partial charge in [0.25, 0.3) is 0 Å². The molecule has 4 nitrogen and oxygen atoms in total. The lowest BCUT2D eigenvalue weighted by atomic mass is 9.92. The van der Waals surface area contributed by atoms with Crippen LogP contribution >= 0.6 is 22.7 Å². The van der Waals surface area contributed by atoms with Crippen molar-refractivity contribution in [2.75, 3.05) is 6.54 Å². The zero-order chi connectivity index (χ0) is 20.7. The van der Waals surface area contributed by atoms with Crippen LogP contribution in [0.25, 0.3) is 6.08 Å². The predicted octanol–water partition coefficient (Wildman–Crippen LogP) is 5.25. The van der Waals surface area contributed by atoms with Crippen LogP contribution in [0.3, 0.4) is 0 Å². The van der Waals surface area contributed by atoms with Crippen LogP contribution in [-0.4, -0.2) is 28.2 Å². The van der Waals surface area contributed by atoms with Gasteiger partial charge in [-0.3, -0.25) is 9.59 Å². The van der Waals surface area contributed by atoms with Crippen LogP contribution in [0.5, 0.6) is 0 Å². The molecule has 0 N–H and O–H groups in total. The summed E-state index contributed by atoms with van der Waals surface area (Å²) in [4.78, 5) is 32.2. The number of benzene rings is 1. The van der Waals surface area contributed by atoms with E-state index in [2.05, 4.69) is 22.9 Å². The van der Waals surface area contributed by atoms with E-state index in [1.807, 2.05) is 47.5 Å². The van der Waals surface area contributed by atoms with Crippen LogP contribution < -0.4 is 0 Å². The van der Waals surface area contributed by atoms with Crippen LogP contribution in [-0.2, 0) is 16.0 Å². The van der Waals surface area contributed by atoms with E-state index in [1.54, 1.807) is 34.5 Å². The van der Waals surface area contributed by atoms with Gasteiger partial charge in [0.1, 0.15) is 0 Å². The highest BCUT2D eigenvalue weighted by Crippen LogP contribution is 2.41. The largest absolute Gasteiger partial charge is 0.330 e. The number of carbonyl (C=O) groups is 2. The fraction of sp³-hybridized carbons (Fsp3) is 0.250. The Hall–Kier alpha value is -2.70. The molecule has 2 aliphatic heterocycles. The molecule has 2 atom stereocenters. The van der Waals surface area contributed by atoms with Crippen LogP contribution in [0, 0.1) is 0 Å². The third-order valence-corrected chi connectivity index (χ3v) is 7.86. The zero-order valence-electron chi connectivity index (χ0n) is 16.7. The van der Waals surface area contributed by atoms with Gasteiger partial charge < -0.3 is 9.80 Å². The molecule has 152 valence electrons. The van der Waals surface area contributed by atoms with Crippen molar-refractivity contribution in [2.24, 2.45) is 0 Å². The summed E-state index contributed by atoms with van der Waals surface area (Å²) in [6, 6.07) is 14.0. The van der Waals surface area contributed by atoms with Gasteiger partial charge in [0.05, 0.1) is 18.5 Å². The van der Waals surface area contributed by atoms with Gasteiger partial charge >= 0.3 is 0 Å². The van der Waals surface area contributed by atoms with Gasteiger partial charge in [-0.1, -0.05) is 30.3 Å². The normalized spacial score (nSPS) is 20.0.